The van der Waals surface area contributed by atoms with E-state index in [2.05, 4.69) is 23.3 Å². The topological polar surface area (TPSA) is 34.1 Å². The molecule has 1 aromatic heterocycles. The van der Waals surface area contributed by atoms with E-state index in [1.54, 1.807) is 7.11 Å². The third-order valence-electron chi connectivity index (χ3n) is 3.09. The van der Waals surface area contributed by atoms with Crippen LogP contribution in [-0.2, 0) is 13.0 Å². The first-order valence-corrected chi connectivity index (χ1v) is 7.02. The highest BCUT2D eigenvalue weighted by Crippen LogP contribution is 2.12. The van der Waals surface area contributed by atoms with Crippen LogP contribution < -0.4 is 10.1 Å². The van der Waals surface area contributed by atoms with E-state index in [-0.39, 0.29) is 0 Å². The van der Waals surface area contributed by atoms with Gasteiger partial charge in [-0.05, 0) is 36.6 Å². The first kappa shape index (κ1) is 14.8. The molecule has 1 N–H and O–H groups in total. The quantitative estimate of drug-likeness (QED) is 0.884. The van der Waals surface area contributed by atoms with Crippen molar-refractivity contribution in [1.82, 2.24) is 10.3 Å². The summed E-state index contributed by atoms with van der Waals surface area (Å²) < 4.78 is 5.04. The van der Waals surface area contributed by atoms with Gasteiger partial charge in [-0.1, -0.05) is 29.8 Å². The molecule has 20 heavy (non-hydrogen) atoms. The van der Waals surface area contributed by atoms with Gasteiger partial charge in [0.1, 0.15) is 0 Å². The van der Waals surface area contributed by atoms with Crippen molar-refractivity contribution < 1.29 is 4.74 Å². The highest BCUT2D eigenvalue weighted by Gasteiger charge is 2.04. The van der Waals surface area contributed by atoms with Crippen LogP contribution in [-0.4, -0.2) is 18.1 Å². The molecule has 0 aliphatic rings. The Kier molecular flexibility index (Phi) is 5.39. The van der Waals surface area contributed by atoms with E-state index in [1.807, 2.05) is 36.5 Å². The maximum Gasteiger partial charge on any atom is 0.212 e. The second-order valence-electron chi connectivity index (χ2n) is 4.82. The Balaban J connectivity index is 1.83. The van der Waals surface area contributed by atoms with E-state index < -0.39 is 0 Å². The lowest BCUT2D eigenvalue weighted by molar-refractivity contribution is 0.397. The SMILES string of the molecule is COc1ccc(CNC(C)Cc2cccc(Cl)c2)cn1. The molecule has 3 nitrogen and oxygen atoms in total. The predicted molar refractivity (Wildman–Crippen MR) is 82.2 cm³/mol. The molecule has 4 heteroatoms. The van der Waals surface area contributed by atoms with Gasteiger partial charge in [-0.15, -0.1) is 0 Å². The number of ether oxygens (including phenoxy) is 1. The van der Waals surface area contributed by atoms with Crippen LogP contribution in [0.1, 0.15) is 18.1 Å². The zero-order chi connectivity index (χ0) is 14.4. The fourth-order valence-electron chi connectivity index (χ4n) is 2.02. The molecular formula is C16H19ClN2O. The summed E-state index contributed by atoms with van der Waals surface area (Å²) in [6.45, 7) is 2.95. The minimum atomic E-state index is 0.371. The fraction of sp³-hybridized carbons (Fsp3) is 0.312. The first-order chi connectivity index (χ1) is 9.67. The van der Waals surface area contributed by atoms with Crippen molar-refractivity contribution >= 4 is 11.6 Å². The average Bonchev–Trinajstić information content (AvgIpc) is 2.46. The van der Waals surface area contributed by atoms with Gasteiger partial charge < -0.3 is 10.1 Å². The van der Waals surface area contributed by atoms with Crippen LogP contribution in [0.4, 0.5) is 0 Å². The molecule has 2 rings (SSSR count). The Morgan fingerprint density at radius 2 is 2.10 bits per heavy atom. The number of pyridine rings is 1. The Morgan fingerprint density at radius 1 is 1.25 bits per heavy atom. The third-order valence-corrected chi connectivity index (χ3v) is 3.33. The second kappa shape index (κ2) is 7.27. The van der Waals surface area contributed by atoms with E-state index in [4.69, 9.17) is 16.3 Å². The number of benzene rings is 1. The Bertz CT molecular complexity index is 542. The summed E-state index contributed by atoms with van der Waals surface area (Å²) in [4.78, 5) is 4.19. The molecule has 0 saturated carbocycles. The summed E-state index contributed by atoms with van der Waals surface area (Å²) in [5, 5.41) is 4.27. The van der Waals surface area contributed by atoms with Crippen molar-refractivity contribution in [3.05, 3.63) is 58.7 Å². The highest BCUT2D eigenvalue weighted by molar-refractivity contribution is 6.30. The van der Waals surface area contributed by atoms with Crippen LogP contribution in [0.25, 0.3) is 0 Å². The predicted octanol–water partition coefficient (Wildman–Crippen LogP) is 3.46. The summed E-state index contributed by atoms with van der Waals surface area (Å²) in [5.41, 5.74) is 2.38. The van der Waals surface area contributed by atoms with Gasteiger partial charge in [-0.2, -0.15) is 0 Å². The number of nitrogens with one attached hydrogen (secondary N) is 1. The minimum absolute atomic E-state index is 0.371. The third kappa shape index (κ3) is 4.51. The molecule has 0 aliphatic heterocycles. The lowest BCUT2D eigenvalue weighted by atomic mass is 10.1. The number of halogens is 1. The number of hydrogen-bond acceptors (Lipinski definition) is 3. The Labute approximate surface area is 124 Å². The molecule has 1 heterocycles. The molecule has 0 spiro atoms. The molecule has 0 aliphatic carbocycles. The van der Waals surface area contributed by atoms with Gasteiger partial charge in [0.2, 0.25) is 5.88 Å². The zero-order valence-corrected chi connectivity index (χ0v) is 12.5. The van der Waals surface area contributed by atoms with Crippen molar-refractivity contribution in [3.8, 4) is 5.88 Å². The van der Waals surface area contributed by atoms with Gasteiger partial charge in [-0.25, -0.2) is 4.98 Å². The van der Waals surface area contributed by atoms with Crippen LogP contribution in [0.2, 0.25) is 5.02 Å². The highest BCUT2D eigenvalue weighted by atomic mass is 35.5. The van der Waals surface area contributed by atoms with Crippen LogP contribution >= 0.6 is 11.6 Å². The molecule has 106 valence electrons. The summed E-state index contributed by atoms with van der Waals surface area (Å²) in [7, 11) is 1.62. The Morgan fingerprint density at radius 3 is 2.75 bits per heavy atom. The maximum atomic E-state index is 5.99. The molecule has 0 radical (unpaired) electrons. The van der Waals surface area contributed by atoms with Gasteiger partial charge >= 0.3 is 0 Å². The Hall–Kier alpha value is -1.58. The van der Waals surface area contributed by atoms with Gasteiger partial charge in [0.25, 0.3) is 0 Å². The van der Waals surface area contributed by atoms with Gasteiger partial charge in [-0.3, -0.25) is 0 Å². The standard InChI is InChI=1S/C16H19ClN2O/c1-12(8-13-4-3-5-15(17)9-13)18-10-14-6-7-16(20-2)19-11-14/h3-7,9,11-12,18H,8,10H2,1-2H3. The molecule has 0 bridgehead atoms. The van der Waals surface area contributed by atoms with Gasteiger partial charge in [0, 0.05) is 29.9 Å². The van der Waals surface area contributed by atoms with Crippen LogP contribution in [0.5, 0.6) is 5.88 Å². The van der Waals surface area contributed by atoms with E-state index in [9.17, 15) is 0 Å². The largest absolute Gasteiger partial charge is 0.481 e. The number of methoxy groups -OCH3 is 1. The van der Waals surface area contributed by atoms with Crippen LogP contribution in [0, 0.1) is 0 Å². The molecule has 1 atom stereocenters. The normalized spacial score (nSPS) is 12.2. The molecular weight excluding hydrogens is 272 g/mol. The summed E-state index contributed by atoms with van der Waals surface area (Å²) in [6, 6.07) is 12.2. The minimum Gasteiger partial charge on any atom is -0.481 e. The van der Waals surface area contributed by atoms with Crippen LogP contribution in [0.15, 0.2) is 42.6 Å². The maximum absolute atomic E-state index is 5.99. The molecule has 0 saturated heterocycles. The van der Waals surface area contributed by atoms with Gasteiger partial charge in [0.15, 0.2) is 0 Å². The summed E-state index contributed by atoms with van der Waals surface area (Å²) in [5.74, 6) is 0.640. The van der Waals surface area contributed by atoms with Crippen molar-refractivity contribution in [2.75, 3.05) is 7.11 Å². The monoisotopic (exact) mass is 290 g/mol. The van der Waals surface area contributed by atoms with E-state index in [0.29, 0.717) is 11.9 Å². The smallest absolute Gasteiger partial charge is 0.212 e. The fourth-order valence-corrected chi connectivity index (χ4v) is 2.23. The lowest BCUT2D eigenvalue weighted by Crippen LogP contribution is -2.27. The number of rotatable bonds is 6. The van der Waals surface area contributed by atoms with Gasteiger partial charge in [0.05, 0.1) is 7.11 Å². The summed E-state index contributed by atoms with van der Waals surface area (Å²) in [6.07, 6.45) is 2.78. The van der Waals surface area contributed by atoms with Crippen molar-refractivity contribution in [1.29, 1.82) is 0 Å². The molecule has 0 fully saturated rings. The lowest BCUT2D eigenvalue weighted by Gasteiger charge is -2.14. The van der Waals surface area contributed by atoms with Crippen molar-refractivity contribution in [2.45, 2.75) is 25.9 Å². The van der Waals surface area contributed by atoms with Crippen molar-refractivity contribution in [3.63, 3.8) is 0 Å². The van der Waals surface area contributed by atoms with E-state index in [1.165, 1.54) is 5.56 Å². The number of hydrogen-bond donors (Lipinski definition) is 1. The van der Waals surface area contributed by atoms with Crippen molar-refractivity contribution in [2.24, 2.45) is 0 Å². The molecule has 2 aromatic rings. The molecule has 0 amide bonds. The number of aromatic nitrogens is 1. The van der Waals surface area contributed by atoms with Crippen LogP contribution in [0.3, 0.4) is 0 Å². The molecule has 1 unspecified atom stereocenters. The average molecular weight is 291 g/mol. The van der Waals surface area contributed by atoms with E-state index in [0.717, 1.165) is 23.6 Å². The zero-order valence-electron chi connectivity index (χ0n) is 11.8. The number of nitrogens with zero attached hydrogens (tertiary/aromatic N) is 1. The summed E-state index contributed by atoms with van der Waals surface area (Å²) >= 11 is 5.99. The second-order valence-corrected chi connectivity index (χ2v) is 5.26. The first-order valence-electron chi connectivity index (χ1n) is 6.64. The van der Waals surface area contributed by atoms with E-state index >= 15 is 0 Å². The molecule has 1 aromatic carbocycles.